The lowest BCUT2D eigenvalue weighted by Crippen LogP contribution is -2.19. The summed E-state index contributed by atoms with van der Waals surface area (Å²) in [6.07, 6.45) is 1.01. The maximum Gasteiger partial charge on any atom is 0.243 e. The van der Waals surface area contributed by atoms with E-state index in [-0.39, 0.29) is 22.4 Å². The van der Waals surface area contributed by atoms with Gasteiger partial charge >= 0.3 is 0 Å². The molecule has 0 spiro atoms. The smallest absolute Gasteiger partial charge is 0.243 e. The van der Waals surface area contributed by atoms with Gasteiger partial charge in [-0.15, -0.1) is 0 Å². The molecule has 12 heteroatoms. The number of ether oxygens (including phenoxy) is 3. The summed E-state index contributed by atoms with van der Waals surface area (Å²) in [7, 11) is 1.97. The number of nitrogens with zero attached hydrogens (tertiary/aromatic N) is 2. The average molecular weight is 463 g/mol. The number of benzene rings is 2. The molecule has 0 bridgehead atoms. The molecule has 0 atom stereocenters. The third kappa shape index (κ3) is 5.15. The number of anilines is 4. The Morgan fingerprint density at radius 1 is 0.906 bits per heavy atom. The number of aromatic nitrogens is 2. The molecule has 10 nitrogen and oxygen atoms in total. The highest BCUT2D eigenvalue weighted by molar-refractivity contribution is 7.89. The second-order valence-electron chi connectivity index (χ2n) is 6.31. The average Bonchev–Trinajstić information content (AvgIpc) is 2.80. The molecule has 0 amide bonds. The van der Waals surface area contributed by atoms with Gasteiger partial charge in [0.25, 0.3) is 0 Å². The van der Waals surface area contributed by atoms with Gasteiger partial charge in [0, 0.05) is 35.6 Å². The summed E-state index contributed by atoms with van der Waals surface area (Å²) >= 11 is 0. The molecule has 3 N–H and O–H groups in total. The molecule has 0 aliphatic carbocycles. The molecule has 32 heavy (non-hydrogen) atoms. The SMILES string of the molecule is CNS(=O)(=O)c1ccc(Nc2ncc(F)c(Nc3cc(OC)cc(OC)c3)n2)cc1OC. The fraction of sp³-hybridized carbons (Fsp3) is 0.200. The predicted molar refractivity (Wildman–Crippen MR) is 117 cm³/mol. The fourth-order valence-corrected chi connectivity index (χ4v) is 3.61. The molecule has 3 rings (SSSR count). The number of halogens is 1. The van der Waals surface area contributed by atoms with Crippen LogP contribution in [0.3, 0.4) is 0 Å². The van der Waals surface area contributed by atoms with Gasteiger partial charge in [0.15, 0.2) is 11.6 Å². The van der Waals surface area contributed by atoms with Crippen LogP contribution in [0.4, 0.5) is 27.5 Å². The Morgan fingerprint density at radius 2 is 1.59 bits per heavy atom. The van der Waals surface area contributed by atoms with Gasteiger partial charge < -0.3 is 24.8 Å². The summed E-state index contributed by atoms with van der Waals surface area (Å²) < 4.78 is 56.4. The first kappa shape index (κ1) is 23.0. The van der Waals surface area contributed by atoms with Crippen LogP contribution in [-0.4, -0.2) is 46.8 Å². The zero-order valence-electron chi connectivity index (χ0n) is 17.8. The van der Waals surface area contributed by atoms with Gasteiger partial charge in [-0.3, -0.25) is 0 Å². The van der Waals surface area contributed by atoms with Crippen molar-refractivity contribution < 1.29 is 27.0 Å². The van der Waals surface area contributed by atoms with Crippen LogP contribution in [0, 0.1) is 5.82 Å². The number of nitrogens with one attached hydrogen (secondary N) is 3. The minimum absolute atomic E-state index is 0.0256. The molecule has 3 aromatic rings. The van der Waals surface area contributed by atoms with Gasteiger partial charge in [-0.1, -0.05) is 0 Å². The van der Waals surface area contributed by atoms with Gasteiger partial charge in [0.05, 0.1) is 27.5 Å². The second kappa shape index (κ2) is 9.66. The standard InChI is InChI=1S/C20H22FN5O5S/c1-22-32(27,28)18-6-5-12(9-17(18)31-4)25-20-23-11-16(21)19(26-20)24-13-7-14(29-2)10-15(8-13)30-3/h5-11,22H,1-4H3,(H2,23,24,25,26). The van der Waals surface area contributed by atoms with Crippen molar-refractivity contribution in [2.75, 3.05) is 39.0 Å². The van der Waals surface area contributed by atoms with Crippen molar-refractivity contribution in [2.45, 2.75) is 4.90 Å². The van der Waals surface area contributed by atoms with Gasteiger partial charge in [0.1, 0.15) is 22.1 Å². The van der Waals surface area contributed by atoms with E-state index in [0.29, 0.717) is 22.9 Å². The third-order valence-electron chi connectivity index (χ3n) is 4.34. The monoisotopic (exact) mass is 463 g/mol. The molecule has 0 fully saturated rings. The second-order valence-corrected chi connectivity index (χ2v) is 8.17. The normalized spacial score (nSPS) is 11.0. The topological polar surface area (TPSA) is 124 Å². The third-order valence-corrected chi connectivity index (χ3v) is 5.79. The van der Waals surface area contributed by atoms with E-state index in [1.165, 1.54) is 46.6 Å². The summed E-state index contributed by atoms with van der Waals surface area (Å²) in [6, 6.07) is 9.35. The summed E-state index contributed by atoms with van der Waals surface area (Å²) in [5.74, 6) is 0.472. The summed E-state index contributed by atoms with van der Waals surface area (Å²) in [4.78, 5) is 8.06. The Hall–Kier alpha value is -3.64. The number of hydrogen-bond donors (Lipinski definition) is 3. The van der Waals surface area contributed by atoms with Crippen LogP contribution in [0.15, 0.2) is 47.5 Å². The van der Waals surface area contributed by atoms with Crippen molar-refractivity contribution >= 4 is 33.2 Å². The largest absolute Gasteiger partial charge is 0.497 e. The van der Waals surface area contributed by atoms with Gasteiger partial charge in [0.2, 0.25) is 16.0 Å². The molecule has 0 aliphatic heterocycles. The number of rotatable bonds is 9. The lowest BCUT2D eigenvalue weighted by Gasteiger charge is -2.13. The van der Waals surface area contributed by atoms with Crippen molar-refractivity contribution in [3.8, 4) is 17.2 Å². The van der Waals surface area contributed by atoms with Crippen molar-refractivity contribution in [1.82, 2.24) is 14.7 Å². The molecule has 0 aliphatic rings. The number of sulfonamides is 1. The molecule has 0 saturated heterocycles. The highest BCUT2D eigenvalue weighted by Gasteiger charge is 2.18. The van der Waals surface area contributed by atoms with Crippen molar-refractivity contribution in [2.24, 2.45) is 0 Å². The van der Waals surface area contributed by atoms with Crippen molar-refractivity contribution in [3.05, 3.63) is 48.4 Å². The van der Waals surface area contributed by atoms with Crippen LogP contribution >= 0.6 is 0 Å². The Bertz CT molecular complexity index is 1200. The highest BCUT2D eigenvalue weighted by Crippen LogP contribution is 2.30. The highest BCUT2D eigenvalue weighted by atomic mass is 32.2. The van der Waals surface area contributed by atoms with Crippen LogP contribution < -0.4 is 29.6 Å². The molecule has 0 saturated carbocycles. The van der Waals surface area contributed by atoms with Crippen molar-refractivity contribution in [3.63, 3.8) is 0 Å². The molecule has 170 valence electrons. The summed E-state index contributed by atoms with van der Waals surface area (Å²) in [5.41, 5.74) is 0.936. The van der Waals surface area contributed by atoms with Gasteiger partial charge in [-0.05, 0) is 19.2 Å². The first-order valence-electron chi connectivity index (χ1n) is 9.21. The summed E-state index contributed by atoms with van der Waals surface area (Å²) in [6.45, 7) is 0. The number of hydrogen-bond acceptors (Lipinski definition) is 9. The minimum Gasteiger partial charge on any atom is -0.497 e. The van der Waals surface area contributed by atoms with E-state index in [9.17, 15) is 12.8 Å². The van der Waals surface area contributed by atoms with Crippen LogP contribution in [0.2, 0.25) is 0 Å². The molecule has 1 heterocycles. The lowest BCUT2D eigenvalue weighted by atomic mass is 10.2. The van der Waals surface area contributed by atoms with E-state index in [1.807, 2.05) is 0 Å². The summed E-state index contributed by atoms with van der Waals surface area (Å²) in [5, 5.41) is 5.77. The van der Waals surface area contributed by atoms with E-state index in [0.717, 1.165) is 6.20 Å². The molecule has 1 aromatic heterocycles. The molecular weight excluding hydrogens is 441 g/mol. The van der Waals surface area contributed by atoms with Crippen LogP contribution in [0.1, 0.15) is 0 Å². The van der Waals surface area contributed by atoms with E-state index < -0.39 is 15.8 Å². The molecule has 0 unspecified atom stereocenters. The van der Waals surface area contributed by atoms with E-state index >= 15 is 0 Å². The van der Waals surface area contributed by atoms with E-state index in [1.54, 1.807) is 18.2 Å². The molecule has 0 radical (unpaired) electrons. The quantitative estimate of drug-likeness (QED) is 0.439. The Kier molecular flexibility index (Phi) is 6.95. The van der Waals surface area contributed by atoms with Crippen LogP contribution in [0.25, 0.3) is 0 Å². The van der Waals surface area contributed by atoms with Crippen LogP contribution in [0.5, 0.6) is 17.2 Å². The lowest BCUT2D eigenvalue weighted by molar-refractivity contribution is 0.395. The Labute approximate surface area is 184 Å². The first-order chi connectivity index (χ1) is 15.3. The number of methoxy groups -OCH3 is 3. The minimum atomic E-state index is -3.70. The van der Waals surface area contributed by atoms with Crippen molar-refractivity contribution in [1.29, 1.82) is 0 Å². The molecule has 2 aromatic carbocycles. The van der Waals surface area contributed by atoms with E-state index in [4.69, 9.17) is 14.2 Å². The predicted octanol–water partition coefficient (Wildman–Crippen LogP) is 3.04. The molecular formula is C20H22FN5O5S. The van der Waals surface area contributed by atoms with Gasteiger partial charge in [-0.2, -0.15) is 4.98 Å². The van der Waals surface area contributed by atoms with Gasteiger partial charge in [-0.25, -0.2) is 22.5 Å². The fourth-order valence-electron chi connectivity index (χ4n) is 2.74. The van der Waals surface area contributed by atoms with E-state index in [2.05, 4.69) is 25.3 Å². The maximum atomic E-state index is 14.3. The zero-order valence-corrected chi connectivity index (χ0v) is 18.6. The maximum absolute atomic E-state index is 14.3. The van der Waals surface area contributed by atoms with Crippen LogP contribution in [-0.2, 0) is 10.0 Å². The Morgan fingerprint density at radius 3 is 2.19 bits per heavy atom. The first-order valence-corrected chi connectivity index (χ1v) is 10.7. The zero-order chi connectivity index (χ0) is 23.3. The Balaban J connectivity index is 1.88.